The Kier molecular flexibility index (Phi) is 6.32. The quantitative estimate of drug-likeness (QED) is 0.358. The molecule has 0 N–H and O–H groups in total. The fourth-order valence-electron chi connectivity index (χ4n) is 2.93. The molecular weight excluding hydrogens is 510 g/mol. The van der Waals surface area contributed by atoms with Gasteiger partial charge in [0.05, 0.1) is 0 Å². The second kappa shape index (κ2) is 7.23. The van der Waals surface area contributed by atoms with Crippen molar-refractivity contribution >= 4 is 0 Å². The predicted molar refractivity (Wildman–Crippen MR) is 66.1 cm³/mol. The lowest BCUT2D eigenvalue weighted by molar-refractivity contribution is -0.387. The van der Waals surface area contributed by atoms with E-state index >= 15 is 0 Å². The van der Waals surface area contributed by atoms with Crippen LogP contribution in [-0.2, 0) is 10.8 Å². The minimum absolute atomic E-state index is 0.652. The monoisotopic (exact) mass is 514 g/mol. The van der Waals surface area contributed by atoms with E-state index in [1.807, 2.05) is 0 Å². The molecule has 0 aliphatic heterocycles. The Morgan fingerprint density at radius 1 is 0.344 bits per heavy atom. The Bertz CT molecular complexity index is 671. The van der Waals surface area contributed by atoms with Gasteiger partial charge in [-0.1, -0.05) is 24.3 Å². The van der Waals surface area contributed by atoms with Gasteiger partial charge in [-0.25, -0.2) is 0 Å². The van der Waals surface area contributed by atoms with Crippen molar-refractivity contribution in [3.05, 3.63) is 35.4 Å². The van der Waals surface area contributed by atoms with Crippen LogP contribution in [0.5, 0.6) is 0 Å². The van der Waals surface area contributed by atoms with Gasteiger partial charge in [0.15, 0.2) is 0 Å². The van der Waals surface area contributed by atoms with E-state index in [2.05, 4.69) is 0 Å². The summed E-state index contributed by atoms with van der Waals surface area (Å²) in [6.45, 7) is 0. The number of halogens is 18. The predicted octanol–water partition coefficient (Wildman–Crippen LogP) is 7.54. The lowest BCUT2D eigenvalue weighted by atomic mass is 9.72. The fourth-order valence-corrected chi connectivity index (χ4v) is 2.93. The van der Waals surface area contributed by atoms with Crippen molar-refractivity contribution in [1.29, 1.82) is 0 Å². The summed E-state index contributed by atoms with van der Waals surface area (Å²) < 4.78 is 235. The maximum absolute atomic E-state index is 13.1. The van der Waals surface area contributed by atoms with Crippen LogP contribution in [0.15, 0.2) is 24.3 Å². The van der Waals surface area contributed by atoms with Gasteiger partial charge in [0, 0.05) is 0 Å². The molecule has 0 heterocycles. The van der Waals surface area contributed by atoms with E-state index in [1.54, 1.807) is 0 Å². The zero-order chi connectivity index (χ0) is 26.0. The maximum atomic E-state index is 13.1. The van der Waals surface area contributed by atoms with Crippen molar-refractivity contribution in [3.63, 3.8) is 0 Å². The highest BCUT2D eigenvalue weighted by Gasteiger charge is 2.86. The Balaban J connectivity index is 4.31. The van der Waals surface area contributed by atoms with E-state index in [-0.39, 0.29) is 0 Å². The van der Waals surface area contributed by atoms with Crippen LogP contribution in [0.3, 0.4) is 0 Å². The molecule has 0 spiro atoms. The first kappa shape index (κ1) is 28.0. The standard InChI is InChI=1S/C14H4F18/c15-9(16,17)7(10(18,19)20,11(21,22)23)5-2-1-3-6(4-5)8(12(24,25)26,13(27,28)29)14(30,31)32/h1-4H. The zero-order valence-corrected chi connectivity index (χ0v) is 14.1. The normalized spacial score (nSPS) is 15.8. The maximum Gasteiger partial charge on any atom is 0.416 e. The molecule has 1 rings (SSSR count). The smallest absolute Gasteiger partial charge is 0.169 e. The number of hydrogen-bond donors (Lipinski definition) is 0. The molecule has 0 atom stereocenters. The number of rotatable bonds is 2. The van der Waals surface area contributed by atoms with Gasteiger partial charge >= 0.3 is 37.1 Å². The van der Waals surface area contributed by atoms with Crippen LogP contribution in [0.2, 0.25) is 0 Å². The highest BCUT2D eigenvalue weighted by atomic mass is 19.4. The van der Waals surface area contributed by atoms with E-state index in [1.165, 1.54) is 0 Å². The Labute approximate surface area is 163 Å². The summed E-state index contributed by atoms with van der Waals surface area (Å²) in [5.74, 6) is 0. The molecule has 0 fully saturated rings. The summed E-state index contributed by atoms with van der Waals surface area (Å²) in [4.78, 5) is 0. The summed E-state index contributed by atoms with van der Waals surface area (Å²) in [6, 6.07) is -4.04. The van der Waals surface area contributed by atoms with Crippen molar-refractivity contribution in [1.82, 2.24) is 0 Å². The Morgan fingerprint density at radius 2 is 0.531 bits per heavy atom. The van der Waals surface area contributed by atoms with Gasteiger partial charge in [-0.2, -0.15) is 79.0 Å². The minimum Gasteiger partial charge on any atom is -0.169 e. The van der Waals surface area contributed by atoms with Crippen molar-refractivity contribution in [3.8, 4) is 0 Å². The van der Waals surface area contributed by atoms with Crippen LogP contribution in [0, 0.1) is 0 Å². The average Bonchev–Trinajstić information content (AvgIpc) is 2.38. The number of alkyl halides is 18. The van der Waals surface area contributed by atoms with Gasteiger partial charge in [-0.3, -0.25) is 0 Å². The third-order valence-corrected chi connectivity index (χ3v) is 4.28. The summed E-state index contributed by atoms with van der Waals surface area (Å²) >= 11 is 0. The lowest BCUT2D eigenvalue weighted by Crippen LogP contribution is -2.64. The SMILES string of the molecule is FC(F)(F)C(c1cccc(C(C(F)(F)F)(C(F)(F)F)C(F)(F)F)c1)(C(F)(F)F)C(F)(F)F. The minimum atomic E-state index is -7.50. The highest BCUT2D eigenvalue weighted by Crippen LogP contribution is 2.63. The summed E-state index contributed by atoms with van der Waals surface area (Å²) in [7, 11) is 0. The average molecular weight is 514 g/mol. The molecule has 0 aromatic heterocycles. The summed E-state index contributed by atoms with van der Waals surface area (Å²) in [5.41, 5.74) is -21.0. The van der Waals surface area contributed by atoms with Crippen LogP contribution in [0.25, 0.3) is 0 Å². The van der Waals surface area contributed by atoms with Crippen LogP contribution in [0.1, 0.15) is 11.1 Å². The van der Waals surface area contributed by atoms with Crippen LogP contribution in [0.4, 0.5) is 79.0 Å². The molecule has 18 heteroatoms. The van der Waals surface area contributed by atoms with Gasteiger partial charge in [-0.05, 0) is 11.1 Å². The first-order valence-corrected chi connectivity index (χ1v) is 7.22. The Hall–Kier alpha value is -2.04. The Morgan fingerprint density at radius 3 is 0.688 bits per heavy atom. The molecule has 32 heavy (non-hydrogen) atoms. The number of benzene rings is 1. The van der Waals surface area contributed by atoms with E-state index in [9.17, 15) is 79.0 Å². The molecule has 0 nitrogen and oxygen atoms in total. The van der Waals surface area contributed by atoms with Gasteiger partial charge in [0.25, 0.3) is 10.8 Å². The second-order valence-electron chi connectivity index (χ2n) is 6.07. The first-order chi connectivity index (χ1) is 13.7. The molecule has 0 amide bonds. The molecule has 0 aliphatic carbocycles. The molecule has 186 valence electrons. The fraction of sp³-hybridized carbons (Fsp3) is 0.571. The van der Waals surface area contributed by atoms with Gasteiger partial charge in [0.1, 0.15) is 0 Å². The van der Waals surface area contributed by atoms with E-state index < -0.39 is 83.3 Å². The lowest BCUT2D eigenvalue weighted by Gasteiger charge is -2.41. The van der Waals surface area contributed by atoms with Gasteiger partial charge < -0.3 is 0 Å². The number of hydrogen-bond acceptors (Lipinski definition) is 0. The van der Waals surface area contributed by atoms with Crippen LogP contribution >= 0.6 is 0 Å². The third kappa shape index (κ3) is 3.72. The van der Waals surface area contributed by atoms with E-state index in [0.717, 1.165) is 0 Å². The molecule has 0 aliphatic rings. The molecule has 0 saturated carbocycles. The second-order valence-corrected chi connectivity index (χ2v) is 6.07. The molecular formula is C14H4F18. The molecule has 1 aromatic rings. The molecule has 0 radical (unpaired) electrons. The van der Waals surface area contributed by atoms with Crippen molar-refractivity contribution in [2.75, 3.05) is 0 Å². The highest BCUT2D eigenvalue weighted by molar-refractivity contribution is 5.42. The topological polar surface area (TPSA) is 0 Å². The van der Waals surface area contributed by atoms with E-state index in [4.69, 9.17) is 0 Å². The molecule has 1 aromatic carbocycles. The van der Waals surface area contributed by atoms with Crippen LogP contribution < -0.4 is 0 Å². The summed E-state index contributed by atoms with van der Waals surface area (Å²) in [6.07, 6.45) is -45.0. The molecule has 0 unspecified atom stereocenters. The first-order valence-electron chi connectivity index (χ1n) is 7.22. The summed E-state index contributed by atoms with van der Waals surface area (Å²) in [5, 5.41) is 0. The molecule has 0 bridgehead atoms. The van der Waals surface area contributed by atoms with E-state index in [0.29, 0.717) is 0 Å². The van der Waals surface area contributed by atoms with Crippen molar-refractivity contribution < 1.29 is 79.0 Å². The third-order valence-electron chi connectivity index (χ3n) is 4.28. The van der Waals surface area contributed by atoms with Crippen molar-refractivity contribution in [2.45, 2.75) is 47.9 Å². The van der Waals surface area contributed by atoms with Crippen molar-refractivity contribution in [2.24, 2.45) is 0 Å². The van der Waals surface area contributed by atoms with Crippen LogP contribution in [-0.4, -0.2) is 37.1 Å². The molecule has 0 saturated heterocycles. The van der Waals surface area contributed by atoms with Gasteiger partial charge in [-0.15, -0.1) is 0 Å². The van der Waals surface area contributed by atoms with Gasteiger partial charge in [0.2, 0.25) is 0 Å². The zero-order valence-electron chi connectivity index (χ0n) is 14.1. The largest absolute Gasteiger partial charge is 0.416 e.